The van der Waals surface area contributed by atoms with E-state index in [0.717, 1.165) is 11.1 Å². The number of carbonyl (C=O) groups is 1. The molecule has 8 heteroatoms. The predicted molar refractivity (Wildman–Crippen MR) is 137 cm³/mol. The number of carbonyl (C=O) groups excluding carboxylic acids is 1. The van der Waals surface area contributed by atoms with Gasteiger partial charge in [0.05, 0.1) is 24.8 Å². The Morgan fingerprint density at radius 3 is 2.45 bits per heavy atom. The van der Waals surface area contributed by atoms with Crippen LogP contribution in [0.4, 0.5) is 5.69 Å². The van der Waals surface area contributed by atoms with E-state index in [1.807, 2.05) is 42.5 Å². The minimum absolute atomic E-state index is 0.173. The lowest BCUT2D eigenvalue weighted by atomic mass is 10.1. The van der Waals surface area contributed by atoms with E-state index in [2.05, 4.69) is 0 Å². The number of amides is 1. The number of hydrogen-bond donors (Lipinski definition) is 0. The Kier molecular flexibility index (Phi) is 7.23. The molecule has 0 spiro atoms. The second-order valence-electron chi connectivity index (χ2n) is 7.01. The Morgan fingerprint density at radius 1 is 1.00 bits per heavy atom. The fourth-order valence-corrected chi connectivity index (χ4v) is 4.73. The average molecular weight is 498 g/mol. The largest absolute Gasteiger partial charge is 0.497 e. The summed E-state index contributed by atoms with van der Waals surface area (Å²) >= 11 is 12.9. The van der Waals surface area contributed by atoms with Gasteiger partial charge in [-0.05, 0) is 54.1 Å². The second-order valence-corrected chi connectivity index (χ2v) is 9.09. The molecule has 1 saturated heterocycles. The number of methoxy groups -OCH3 is 2. The Hall–Kier alpha value is -3.00. The van der Waals surface area contributed by atoms with Crippen LogP contribution < -0.4 is 19.1 Å². The van der Waals surface area contributed by atoms with Crippen molar-refractivity contribution in [2.75, 3.05) is 19.1 Å². The van der Waals surface area contributed by atoms with Gasteiger partial charge in [0.1, 0.15) is 12.4 Å². The number of ether oxygens (including phenoxy) is 3. The number of halogens is 1. The van der Waals surface area contributed by atoms with Crippen LogP contribution in [0.15, 0.2) is 71.6 Å². The molecule has 0 aromatic heterocycles. The van der Waals surface area contributed by atoms with Crippen molar-refractivity contribution in [3.63, 3.8) is 0 Å². The number of thioether (sulfide) groups is 1. The summed E-state index contributed by atoms with van der Waals surface area (Å²) in [6.45, 7) is 0.315. The first-order valence-corrected chi connectivity index (χ1v) is 11.6. The van der Waals surface area contributed by atoms with Gasteiger partial charge in [-0.2, -0.15) is 0 Å². The molecule has 168 valence electrons. The summed E-state index contributed by atoms with van der Waals surface area (Å²) in [7, 11) is 3.17. The Morgan fingerprint density at radius 2 is 1.76 bits per heavy atom. The van der Waals surface area contributed by atoms with E-state index in [1.165, 1.54) is 16.7 Å². The maximum Gasteiger partial charge on any atom is 0.270 e. The number of nitrogens with zero attached hydrogens (tertiary/aromatic N) is 1. The monoisotopic (exact) mass is 497 g/mol. The molecule has 1 amide bonds. The topological polar surface area (TPSA) is 48.0 Å². The van der Waals surface area contributed by atoms with E-state index in [0.29, 0.717) is 43.8 Å². The van der Waals surface area contributed by atoms with Crippen LogP contribution in [0, 0.1) is 0 Å². The first-order valence-electron chi connectivity index (χ1n) is 9.96. The molecule has 1 aliphatic rings. The molecule has 1 heterocycles. The average Bonchev–Trinajstić information content (AvgIpc) is 3.11. The van der Waals surface area contributed by atoms with Crippen molar-refractivity contribution < 1.29 is 19.0 Å². The summed E-state index contributed by atoms with van der Waals surface area (Å²) in [6.07, 6.45) is 1.79. The molecule has 0 bridgehead atoms. The van der Waals surface area contributed by atoms with Gasteiger partial charge >= 0.3 is 0 Å². The first-order chi connectivity index (χ1) is 16.0. The third-order valence-electron chi connectivity index (χ3n) is 4.95. The molecule has 0 N–H and O–H groups in total. The van der Waals surface area contributed by atoms with Crippen molar-refractivity contribution in [2.45, 2.75) is 6.61 Å². The number of benzene rings is 3. The van der Waals surface area contributed by atoms with Crippen LogP contribution in [0.3, 0.4) is 0 Å². The minimum Gasteiger partial charge on any atom is -0.497 e. The zero-order valence-electron chi connectivity index (χ0n) is 17.9. The number of anilines is 1. The molecule has 0 radical (unpaired) electrons. The fraction of sp³-hybridized carbons (Fsp3) is 0.120. The highest BCUT2D eigenvalue weighted by molar-refractivity contribution is 8.27. The van der Waals surface area contributed by atoms with Crippen LogP contribution in [0.5, 0.6) is 17.2 Å². The van der Waals surface area contributed by atoms with Gasteiger partial charge in [0.15, 0.2) is 15.8 Å². The molecule has 0 atom stereocenters. The molecule has 3 aromatic rings. The smallest absolute Gasteiger partial charge is 0.270 e. The predicted octanol–water partition coefficient (Wildman–Crippen LogP) is 6.34. The summed E-state index contributed by atoms with van der Waals surface area (Å²) in [5.41, 5.74) is 2.38. The van der Waals surface area contributed by atoms with E-state index >= 15 is 0 Å². The van der Waals surface area contributed by atoms with Crippen molar-refractivity contribution in [1.82, 2.24) is 0 Å². The van der Waals surface area contributed by atoms with Crippen molar-refractivity contribution >= 4 is 57.6 Å². The zero-order valence-corrected chi connectivity index (χ0v) is 20.3. The van der Waals surface area contributed by atoms with E-state index < -0.39 is 0 Å². The first kappa shape index (κ1) is 23.2. The highest BCUT2D eigenvalue weighted by Gasteiger charge is 2.33. The van der Waals surface area contributed by atoms with Gasteiger partial charge in [0.2, 0.25) is 0 Å². The molecule has 3 aromatic carbocycles. The second kappa shape index (κ2) is 10.3. The standard InChI is InChI=1S/C25H20ClNO4S2/c1-29-19-10-8-18(9-11-19)27-24(28)23(33-25(27)32)14-16-7-12-21(22(13-16)30-2)31-15-17-5-3-4-6-20(17)26/h3-14H,15H2,1-2H3/b23-14+. The highest BCUT2D eigenvalue weighted by atomic mass is 35.5. The van der Waals surface area contributed by atoms with Crippen LogP contribution in [0.25, 0.3) is 6.08 Å². The van der Waals surface area contributed by atoms with Gasteiger partial charge < -0.3 is 14.2 Å². The molecule has 1 aliphatic heterocycles. The number of thiocarbonyl (C=S) groups is 1. The lowest BCUT2D eigenvalue weighted by molar-refractivity contribution is -0.113. The van der Waals surface area contributed by atoms with Crippen LogP contribution in [-0.2, 0) is 11.4 Å². The summed E-state index contributed by atoms with van der Waals surface area (Å²) in [5.74, 6) is 1.68. The van der Waals surface area contributed by atoms with Crippen molar-refractivity contribution in [1.29, 1.82) is 0 Å². The van der Waals surface area contributed by atoms with Crippen molar-refractivity contribution in [3.05, 3.63) is 87.8 Å². The lowest BCUT2D eigenvalue weighted by Crippen LogP contribution is -2.27. The van der Waals surface area contributed by atoms with Crippen LogP contribution >= 0.6 is 35.6 Å². The summed E-state index contributed by atoms with van der Waals surface area (Å²) in [4.78, 5) is 15.1. The van der Waals surface area contributed by atoms with Crippen LogP contribution in [-0.4, -0.2) is 24.4 Å². The molecule has 0 saturated carbocycles. The van der Waals surface area contributed by atoms with Crippen molar-refractivity contribution in [3.8, 4) is 17.2 Å². The molecule has 4 rings (SSSR count). The van der Waals surface area contributed by atoms with Crippen molar-refractivity contribution in [2.24, 2.45) is 0 Å². The van der Waals surface area contributed by atoms with Gasteiger partial charge in [0, 0.05) is 10.6 Å². The third-order valence-corrected chi connectivity index (χ3v) is 6.62. The SMILES string of the molecule is COc1ccc(N2C(=O)/C(=C\c3ccc(OCc4ccccc4Cl)c(OC)c3)SC2=S)cc1. The summed E-state index contributed by atoms with van der Waals surface area (Å²) in [6, 6.07) is 20.2. The van der Waals surface area contributed by atoms with E-state index in [4.69, 9.17) is 38.0 Å². The van der Waals surface area contributed by atoms with E-state index in [-0.39, 0.29) is 5.91 Å². The fourth-order valence-electron chi connectivity index (χ4n) is 3.24. The molecular formula is C25H20ClNO4S2. The zero-order chi connectivity index (χ0) is 23.4. The Bertz CT molecular complexity index is 1230. The molecule has 1 fully saturated rings. The number of rotatable bonds is 7. The summed E-state index contributed by atoms with van der Waals surface area (Å²) in [5, 5.41) is 0.645. The molecule has 0 unspecified atom stereocenters. The summed E-state index contributed by atoms with van der Waals surface area (Å²) < 4.78 is 17.1. The van der Waals surface area contributed by atoms with Crippen LogP contribution in [0.2, 0.25) is 5.02 Å². The van der Waals surface area contributed by atoms with Gasteiger partial charge in [-0.25, -0.2) is 0 Å². The quantitative estimate of drug-likeness (QED) is 0.280. The van der Waals surface area contributed by atoms with E-state index in [1.54, 1.807) is 44.6 Å². The molecular weight excluding hydrogens is 478 g/mol. The van der Waals surface area contributed by atoms with Gasteiger partial charge in [-0.1, -0.05) is 59.8 Å². The van der Waals surface area contributed by atoms with Gasteiger partial charge in [0.25, 0.3) is 5.91 Å². The minimum atomic E-state index is -0.173. The lowest BCUT2D eigenvalue weighted by Gasteiger charge is -2.14. The van der Waals surface area contributed by atoms with Gasteiger partial charge in [-0.15, -0.1) is 0 Å². The normalized spacial score (nSPS) is 14.6. The Labute approximate surface area is 206 Å². The number of hydrogen-bond acceptors (Lipinski definition) is 6. The maximum absolute atomic E-state index is 13.0. The maximum atomic E-state index is 13.0. The molecule has 5 nitrogen and oxygen atoms in total. The van der Waals surface area contributed by atoms with Crippen LogP contribution in [0.1, 0.15) is 11.1 Å². The third kappa shape index (κ3) is 5.16. The molecule has 0 aliphatic carbocycles. The highest BCUT2D eigenvalue weighted by Crippen LogP contribution is 2.37. The van der Waals surface area contributed by atoms with E-state index in [9.17, 15) is 4.79 Å². The Balaban J connectivity index is 1.53. The van der Waals surface area contributed by atoms with Gasteiger partial charge in [-0.3, -0.25) is 9.69 Å². The molecule has 33 heavy (non-hydrogen) atoms.